The van der Waals surface area contributed by atoms with Gasteiger partial charge in [0.2, 0.25) is 6.79 Å². The maximum Gasteiger partial charge on any atom is 0.231 e. The minimum Gasteiger partial charge on any atom is -0.454 e. The van der Waals surface area contributed by atoms with Crippen molar-refractivity contribution in [3.63, 3.8) is 0 Å². The van der Waals surface area contributed by atoms with Gasteiger partial charge in [0.25, 0.3) is 0 Å². The lowest BCUT2D eigenvalue weighted by Crippen LogP contribution is -2.46. The van der Waals surface area contributed by atoms with Gasteiger partial charge in [0.1, 0.15) is 0 Å². The molecule has 3 nitrogen and oxygen atoms in total. The summed E-state index contributed by atoms with van der Waals surface area (Å²) in [4.78, 5) is 2.70. The highest BCUT2D eigenvalue weighted by molar-refractivity contribution is 5.44. The molecule has 2 bridgehead atoms. The molecule has 124 valence electrons. The van der Waals surface area contributed by atoms with E-state index < -0.39 is 0 Å². The van der Waals surface area contributed by atoms with Crippen LogP contribution in [0.3, 0.4) is 0 Å². The summed E-state index contributed by atoms with van der Waals surface area (Å²) in [5.41, 5.74) is 4.47. The second kappa shape index (κ2) is 5.82. The van der Waals surface area contributed by atoms with Crippen LogP contribution in [0.2, 0.25) is 0 Å². The van der Waals surface area contributed by atoms with Gasteiger partial charge in [-0.25, -0.2) is 0 Å². The molecule has 0 spiro atoms. The minimum atomic E-state index is 0.351. The maximum absolute atomic E-state index is 5.54. The highest BCUT2D eigenvalue weighted by Crippen LogP contribution is 2.35. The van der Waals surface area contributed by atoms with E-state index in [-0.39, 0.29) is 0 Å². The van der Waals surface area contributed by atoms with E-state index >= 15 is 0 Å². The van der Waals surface area contributed by atoms with E-state index in [1.165, 1.54) is 37.8 Å². The lowest BCUT2D eigenvalue weighted by Gasteiger charge is -2.42. The normalized spacial score (nSPS) is 25.2. The molecule has 2 atom stereocenters. The van der Waals surface area contributed by atoms with Crippen molar-refractivity contribution in [3.05, 3.63) is 59.2 Å². The predicted octanol–water partition coefficient (Wildman–Crippen LogP) is 3.79. The summed E-state index contributed by atoms with van der Waals surface area (Å²) < 4.78 is 11.0. The molecule has 4 aliphatic rings. The third kappa shape index (κ3) is 2.57. The predicted molar refractivity (Wildman–Crippen MR) is 93.3 cm³/mol. The highest BCUT2D eigenvalue weighted by Gasteiger charge is 2.31. The Morgan fingerprint density at radius 1 is 0.917 bits per heavy atom. The van der Waals surface area contributed by atoms with E-state index in [9.17, 15) is 0 Å². The standard InChI is InChI=1S/C21H23NO2/c1-2-4-18-11-19-7-5-15(9-17(18)3-1)12-22(19)13-16-6-8-20-21(10-16)24-14-23-20/h1-4,6,8,10,15,19H,5,7,9,11-14H2. The summed E-state index contributed by atoms with van der Waals surface area (Å²) in [5, 5.41) is 0. The summed E-state index contributed by atoms with van der Waals surface area (Å²) in [6.07, 6.45) is 5.12. The molecule has 1 aliphatic carbocycles. The first-order chi connectivity index (χ1) is 11.8. The smallest absolute Gasteiger partial charge is 0.231 e. The van der Waals surface area contributed by atoms with Crippen molar-refractivity contribution < 1.29 is 9.47 Å². The number of ether oxygens (including phenoxy) is 2. The quantitative estimate of drug-likeness (QED) is 0.840. The fourth-order valence-electron chi connectivity index (χ4n) is 4.57. The Balaban J connectivity index is 1.39. The van der Waals surface area contributed by atoms with E-state index in [2.05, 4.69) is 47.4 Å². The Kier molecular flexibility index (Phi) is 3.48. The van der Waals surface area contributed by atoms with E-state index in [0.717, 1.165) is 24.0 Å². The van der Waals surface area contributed by atoms with Crippen LogP contribution in [0, 0.1) is 5.92 Å². The second-order valence-corrected chi connectivity index (χ2v) is 7.39. The van der Waals surface area contributed by atoms with Crippen LogP contribution in [-0.2, 0) is 19.4 Å². The Morgan fingerprint density at radius 3 is 2.67 bits per heavy atom. The zero-order valence-corrected chi connectivity index (χ0v) is 13.9. The summed E-state index contributed by atoms with van der Waals surface area (Å²) in [5.74, 6) is 2.56. The van der Waals surface area contributed by atoms with Crippen LogP contribution in [0.4, 0.5) is 0 Å². The molecule has 3 heteroatoms. The van der Waals surface area contributed by atoms with Gasteiger partial charge in [-0.15, -0.1) is 0 Å². The molecule has 0 amide bonds. The first-order valence-corrected chi connectivity index (χ1v) is 9.04. The first-order valence-electron chi connectivity index (χ1n) is 9.04. The zero-order chi connectivity index (χ0) is 15.9. The van der Waals surface area contributed by atoms with Gasteiger partial charge >= 0.3 is 0 Å². The highest BCUT2D eigenvalue weighted by atomic mass is 16.7. The minimum absolute atomic E-state index is 0.351. The van der Waals surface area contributed by atoms with Crippen LogP contribution >= 0.6 is 0 Å². The summed E-state index contributed by atoms with van der Waals surface area (Å²) in [6, 6.07) is 16.1. The van der Waals surface area contributed by atoms with Gasteiger partial charge in [-0.1, -0.05) is 30.3 Å². The zero-order valence-electron chi connectivity index (χ0n) is 13.9. The number of fused-ring (bicyclic) bond motifs is 3. The van der Waals surface area contributed by atoms with Gasteiger partial charge in [-0.2, -0.15) is 0 Å². The van der Waals surface area contributed by atoms with Crippen molar-refractivity contribution in [2.75, 3.05) is 13.3 Å². The first kappa shape index (κ1) is 14.4. The Labute approximate surface area is 143 Å². The van der Waals surface area contributed by atoms with E-state index in [1.807, 2.05) is 0 Å². The van der Waals surface area contributed by atoms with Crippen molar-refractivity contribution >= 4 is 0 Å². The molecule has 0 N–H and O–H groups in total. The van der Waals surface area contributed by atoms with Crippen molar-refractivity contribution in [3.8, 4) is 11.5 Å². The number of benzene rings is 2. The summed E-state index contributed by atoms with van der Waals surface area (Å²) in [7, 11) is 0. The van der Waals surface area contributed by atoms with Crippen LogP contribution in [-0.4, -0.2) is 24.3 Å². The molecule has 2 aromatic rings. The molecule has 3 aliphatic heterocycles. The monoisotopic (exact) mass is 321 g/mol. The summed E-state index contributed by atoms with van der Waals surface area (Å²) in [6.45, 7) is 2.58. The molecule has 2 aromatic carbocycles. The van der Waals surface area contributed by atoms with Crippen LogP contribution in [0.5, 0.6) is 11.5 Å². The molecule has 2 unspecified atom stereocenters. The average Bonchev–Trinajstić information content (AvgIpc) is 3.03. The lowest BCUT2D eigenvalue weighted by molar-refractivity contribution is 0.0937. The fourth-order valence-corrected chi connectivity index (χ4v) is 4.57. The van der Waals surface area contributed by atoms with Gasteiger partial charge in [-0.05, 0) is 60.4 Å². The molecule has 1 saturated heterocycles. The Hall–Kier alpha value is -2.00. The third-order valence-corrected chi connectivity index (χ3v) is 5.82. The summed E-state index contributed by atoms with van der Waals surface area (Å²) >= 11 is 0. The van der Waals surface area contributed by atoms with E-state index in [4.69, 9.17) is 9.47 Å². The Morgan fingerprint density at radius 2 is 1.75 bits per heavy atom. The Bertz CT molecular complexity index is 757. The largest absolute Gasteiger partial charge is 0.454 e. The number of hydrogen-bond acceptors (Lipinski definition) is 3. The molecule has 24 heavy (non-hydrogen) atoms. The number of piperidine rings is 1. The maximum atomic E-state index is 5.54. The SMILES string of the molecule is c1ccc2c(c1)CC1CCC(C2)N(Cc2ccc3c(c2)OCO3)C1. The van der Waals surface area contributed by atoms with Crippen molar-refractivity contribution in [2.45, 2.75) is 38.3 Å². The molecule has 0 aromatic heterocycles. The van der Waals surface area contributed by atoms with Crippen molar-refractivity contribution in [1.82, 2.24) is 4.90 Å². The number of nitrogens with zero attached hydrogens (tertiary/aromatic N) is 1. The fraction of sp³-hybridized carbons (Fsp3) is 0.429. The second-order valence-electron chi connectivity index (χ2n) is 7.39. The van der Waals surface area contributed by atoms with Gasteiger partial charge < -0.3 is 9.47 Å². The van der Waals surface area contributed by atoms with Gasteiger partial charge in [0, 0.05) is 19.1 Å². The van der Waals surface area contributed by atoms with Gasteiger partial charge in [0.05, 0.1) is 0 Å². The van der Waals surface area contributed by atoms with Gasteiger partial charge in [-0.3, -0.25) is 4.90 Å². The number of rotatable bonds is 2. The average molecular weight is 321 g/mol. The molecule has 0 saturated carbocycles. The van der Waals surface area contributed by atoms with Crippen LogP contribution in [0.1, 0.15) is 29.5 Å². The molecule has 6 rings (SSSR count). The molecular weight excluding hydrogens is 298 g/mol. The molecule has 0 radical (unpaired) electrons. The molecular formula is C21H23NO2. The topological polar surface area (TPSA) is 21.7 Å². The van der Waals surface area contributed by atoms with Gasteiger partial charge in [0.15, 0.2) is 11.5 Å². The third-order valence-electron chi connectivity index (χ3n) is 5.82. The van der Waals surface area contributed by atoms with Crippen LogP contribution < -0.4 is 9.47 Å². The van der Waals surface area contributed by atoms with Crippen LogP contribution in [0.25, 0.3) is 0 Å². The van der Waals surface area contributed by atoms with Crippen molar-refractivity contribution in [2.24, 2.45) is 5.92 Å². The molecule has 3 heterocycles. The molecule has 1 fully saturated rings. The van der Waals surface area contributed by atoms with Crippen molar-refractivity contribution in [1.29, 1.82) is 0 Å². The van der Waals surface area contributed by atoms with E-state index in [1.54, 1.807) is 11.1 Å². The van der Waals surface area contributed by atoms with Crippen LogP contribution in [0.15, 0.2) is 42.5 Å². The van der Waals surface area contributed by atoms with E-state index in [0.29, 0.717) is 12.8 Å². The lowest BCUT2D eigenvalue weighted by atomic mass is 9.80. The number of hydrogen-bond donors (Lipinski definition) is 0.